The van der Waals surface area contributed by atoms with E-state index in [1.54, 1.807) is 0 Å². The molecule has 0 rings (SSSR count). The van der Waals surface area contributed by atoms with Crippen LogP contribution in [0.25, 0.3) is 0 Å². The van der Waals surface area contributed by atoms with Crippen molar-refractivity contribution in [1.82, 2.24) is 14.7 Å². The maximum Gasteiger partial charge on any atom is 0.0107 e. The zero-order valence-corrected chi connectivity index (χ0v) is 15.5. The van der Waals surface area contributed by atoms with Crippen molar-refractivity contribution in [1.29, 1.82) is 0 Å². The van der Waals surface area contributed by atoms with Crippen LogP contribution in [0, 0.1) is 0 Å². The molecule has 3 nitrogen and oxygen atoms in total. The van der Waals surface area contributed by atoms with Crippen LogP contribution in [0.2, 0.25) is 0 Å². The predicted molar refractivity (Wildman–Crippen MR) is 85.6 cm³/mol. The Hall–Kier alpha value is 1.32. The maximum absolute atomic E-state index is 2.36. The molecular formula is C9H26Br3N3. The molecule has 0 bridgehead atoms. The minimum absolute atomic E-state index is 0. The summed E-state index contributed by atoms with van der Waals surface area (Å²) in [5.74, 6) is 0. The van der Waals surface area contributed by atoms with Gasteiger partial charge < -0.3 is 14.7 Å². The van der Waals surface area contributed by atoms with Crippen LogP contribution >= 0.6 is 50.9 Å². The van der Waals surface area contributed by atoms with Gasteiger partial charge in [-0.05, 0) is 35.2 Å². The van der Waals surface area contributed by atoms with Gasteiger partial charge in [0.05, 0.1) is 0 Å². The second-order valence-electron chi connectivity index (χ2n) is 3.91. The molecular weight excluding hydrogens is 390 g/mol. The number of nitrogens with zero attached hydrogens (tertiary/aromatic N) is 3. The van der Waals surface area contributed by atoms with Gasteiger partial charge >= 0.3 is 0 Å². The van der Waals surface area contributed by atoms with Crippen LogP contribution < -0.4 is 0 Å². The molecule has 0 aliphatic carbocycles. The van der Waals surface area contributed by atoms with Gasteiger partial charge in [0, 0.05) is 26.2 Å². The summed E-state index contributed by atoms with van der Waals surface area (Å²) in [5, 5.41) is 0. The molecule has 0 aromatic rings. The molecule has 0 N–H and O–H groups in total. The molecule has 0 saturated heterocycles. The third-order valence-corrected chi connectivity index (χ3v) is 1.86. The van der Waals surface area contributed by atoms with Gasteiger partial charge in [-0.25, -0.2) is 0 Å². The van der Waals surface area contributed by atoms with Gasteiger partial charge in [-0.2, -0.15) is 0 Å². The number of likely N-dealkylation sites (N-methyl/N-ethyl adjacent to an activating group) is 3. The summed E-state index contributed by atoms with van der Waals surface area (Å²) in [6.07, 6.45) is 0. The van der Waals surface area contributed by atoms with E-state index in [0.717, 1.165) is 26.2 Å². The summed E-state index contributed by atoms with van der Waals surface area (Å²) in [4.78, 5) is 6.79. The van der Waals surface area contributed by atoms with Crippen LogP contribution in [0.3, 0.4) is 0 Å². The molecule has 0 radical (unpaired) electrons. The van der Waals surface area contributed by atoms with Gasteiger partial charge in [-0.15, -0.1) is 50.9 Å². The molecule has 0 heterocycles. The lowest BCUT2D eigenvalue weighted by atomic mass is 10.4. The molecule has 0 fully saturated rings. The van der Waals surface area contributed by atoms with Gasteiger partial charge in [-0.1, -0.05) is 0 Å². The molecule has 0 atom stereocenters. The van der Waals surface area contributed by atoms with Crippen molar-refractivity contribution in [2.45, 2.75) is 0 Å². The maximum atomic E-state index is 2.36. The summed E-state index contributed by atoms with van der Waals surface area (Å²) in [6, 6.07) is 0. The van der Waals surface area contributed by atoms with E-state index in [9.17, 15) is 0 Å². The smallest absolute Gasteiger partial charge is 0.0107 e. The predicted octanol–water partition coefficient (Wildman–Crippen LogP) is 1.78. The highest BCUT2D eigenvalue weighted by atomic mass is 79.9. The molecule has 0 amide bonds. The molecule has 0 saturated carbocycles. The second kappa shape index (κ2) is 15.3. The molecule has 0 spiro atoms. The lowest BCUT2D eigenvalue weighted by Gasteiger charge is -2.20. The highest BCUT2D eigenvalue weighted by Crippen LogP contribution is 1.84. The van der Waals surface area contributed by atoms with Crippen LogP contribution in [-0.2, 0) is 0 Å². The van der Waals surface area contributed by atoms with Crippen molar-refractivity contribution in [3.05, 3.63) is 0 Å². The molecule has 98 valence electrons. The fourth-order valence-electron chi connectivity index (χ4n) is 0.853. The normalized spacial score (nSPS) is 9.60. The summed E-state index contributed by atoms with van der Waals surface area (Å²) in [6.45, 7) is 4.59. The van der Waals surface area contributed by atoms with Gasteiger partial charge in [0.1, 0.15) is 0 Å². The van der Waals surface area contributed by atoms with Crippen molar-refractivity contribution in [2.75, 3.05) is 61.4 Å². The Morgan fingerprint density at radius 2 is 0.800 bits per heavy atom. The third kappa shape index (κ3) is 21.2. The monoisotopic (exact) mass is 413 g/mol. The van der Waals surface area contributed by atoms with Crippen LogP contribution in [0.5, 0.6) is 0 Å². The number of rotatable bonds is 6. The highest BCUT2D eigenvalue weighted by Gasteiger charge is 1.98. The van der Waals surface area contributed by atoms with E-state index >= 15 is 0 Å². The minimum atomic E-state index is 0. The Kier molecular flexibility index (Phi) is 25.8. The average Bonchev–Trinajstić information content (AvgIpc) is 1.96. The standard InChI is InChI=1S/C9H23N3.3BrH/c1-10(2)6-8-12(5)9-7-11(3)4;;;/h6-9H2,1-5H3;3*1H. The Bertz CT molecular complexity index is 101. The van der Waals surface area contributed by atoms with Crippen LogP contribution in [0.1, 0.15) is 0 Å². The molecule has 15 heavy (non-hydrogen) atoms. The van der Waals surface area contributed by atoms with E-state index in [2.05, 4.69) is 49.9 Å². The van der Waals surface area contributed by atoms with Crippen molar-refractivity contribution < 1.29 is 0 Å². The topological polar surface area (TPSA) is 9.72 Å². The molecule has 0 aliphatic rings. The van der Waals surface area contributed by atoms with Gasteiger partial charge in [0.2, 0.25) is 0 Å². The quantitative estimate of drug-likeness (QED) is 0.654. The van der Waals surface area contributed by atoms with E-state index in [4.69, 9.17) is 0 Å². The SMILES string of the molecule is Br.Br.Br.CN(C)CCN(C)CCN(C)C. The largest absolute Gasteiger partial charge is 0.308 e. The molecule has 0 aromatic heterocycles. The molecule has 0 aromatic carbocycles. The fourth-order valence-corrected chi connectivity index (χ4v) is 0.853. The molecule has 6 heteroatoms. The second-order valence-corrected chi connectivity index (χ2v) is 3.91. The van der Waals surface area contributed by atoms with Gasteiger partial charge in [0.15, 0.2) is 0 Å². The highest BCUT2D eigenvalue weighted by molar-refractivity contribution is 8.93. The summed E-state index contributed by atoms with van der Waals surface area (Å²) in [7, 11) is 10.6. The Labute approximate surface area is 126 Å². The summed E-state index contributed by atoms with van der Waals surface area (Å²) < 4.78 is 0. The summed E-state index contributed by atoms with van der Waals surface area (Å²) in [5.41, 5.74) is 0. The van der Waals surface area contributed by atoms with Crippen LogP contribution in [0.4, 0.5) is 0 Å². The van der Waals surface area contributed by atoms with E-state index in [1.807, 2.05) is 0 Å². The number of halogens is 3. The average molecular weight is 416 g/mol. The van der Waals surface area contributed by atoms with Crippen LogP contribution in [0.15, 0.2) is 0 Å². The van der Waals surface area contributed by atoms with Crippen molar-refractivity contribution in [3.8, 4) is 0 Å². The van der Waals surface area contributed by atoms with Crippen LogP contribution in [-0.4, -0.2) is 76.1 Å². The Balaban J connectivity index is -0.000000202. The van der Waals surface area contributed by atoms with Crippen molar-refractivity contribution in [2.24, 2.45) is 0 Å². The van der Waals surface area contributed by atoms with Crippen molar-refractivity contribution >= 4 is 50.9 Å². The van der Waals surface area contributed by atoms with Gasteiger partial charge in [0.25, 0.3) is 0 Å². The minimum Gasteiger partial charge on any atom is -0.308 e. The lowest BCUT2D eigenvalue weighted by molar-refractivity contribution is 0.254. The zero-order valence-electron chi connectivity index (χ0n) is 10.4. The first-order valence-corrected chi connectivity index (χ1v) is 4.50. The van der Waals surface area contributed by atoms with Crippen molar-refractivity contribution in [3.63, 3.8) is 0 Å². The number of hydrogen-bond donors (Lipinski definition) is 0. The van der Waals surface area contributed by atoms with E-state index in [1.165, 1.54) is 0 Å². The Morgan fingerprint density at radius 3 is 1.00 bits per heavy atom. The molecule has 0 unspecified atom stereocenters. The van der Waals surface area contributed by atoms with Gasteiger partial charge in [-0.3, -0.25) is 0 Å². The molecule has 0 aliphatic heterocycles. The first-order chi connectivity index (χ1) is 5.52. The fraction of sp³-hybridized carbons (Fsp3) is 1.00. The first kappa shape index (κ1) is 25.2. The summed E-state index contributed by atoms with van der Waals surface area (Å²) >= 11 is 0. The zero-order chi connectivity index (χ0) is 9.56. The van der Waals surface area contributed by atoms with E-state index < -0.39 is 0 Å². The van der Waals surface area contributed by atoms with E-state index in [-0.39, 0.29) is 50.9 Å². The Morgan fingerprint density at radius 1 is 0.533 bits per heavy atom. The first-order valence-electron chi connectivity index (χ1n) is 4.50. The number of hydrogen-bond acceptors (Lipinski definition) is 3. The third-order valence-electron chi connectivity index (χ3n) is 1.86. The van der Waals surface area contributed by atoms with E-state index in [0.29, 0.717) is 0 Å². The lowest BCUT2D eigenvalue weighted by Crippen LogP contribution is -2.33.